The average molecular weight is 300 g/mol. The van der Waals surface area contributed by atoms with Gasteiger partial charge in [-0.2, -0.15) is 8.42 Å². The van der Waals surface area contributed by atoms with Crippen molar-refractivity contribution in [3.8, 4) is 0 Å². The van der Waals surface area contributed by atoms with Gasteiger partial charge in [-0.3, -0.25) is 4.55 Å². The van der Waals surface area contributed by atoms with Crippen LogP contribution in [0.25, 0.3) is 0 Å². The summed E-state index contributed by atoms with van der Waals surface area (Å²) >= 11 is 0. The standard InChI is InChI=1S/C15H24O4S/c1-10(2)11-4-5-12(9-20(17,18)19)13-6-7-15(3,16)14(13)8-11/h8-10,13-14,16H,4-7H2,1-3H3,(H,17,18,19). The monoisotopic (exact) mass is 300 g/mol. The number of aliphatic hydroxyl groups is 1. The molecule has 0 saturated heterocycles. The Balaban J connectivity index is 2.44. The van der Waals surface area contributed by atoms with E-state index in [1.165, 1.54) is 5.57 Å². The molecule has 1 saturated carbocycles. The Morgan fingerprint density at radius 1 is 1.40 bits per heavy atom. The van der Waals surface area contributed by atoms with E-state index in [4.69, 9.17) is 4.55 Å². The summed E-state index contributed by atoms with van der Waals surface area (Å²) in [6.07, 6.45) is 5.00. The fourth-order valence-electron chi connectivity index (χ4n) is 3.55. The Labute approximate surface area is 121 Å². The van der Waals surface area contributed by atoms with E-state index < -0.39 is 15.7 Å². The summed E-state index contributed by atoms with van der Waals surface area (Å²) in [5, 5.41) is 11.5. The van der Waals surface area contributed by atoms with E-state index in [1.54, 1.807) is 0 Å². The molecule has 114 valence electrons. The van der Waals surface area contributed by atoms with Crippen LogP contribution >= 0.6 is 0 Å². The third-order valence-electron chi connectivity index (χ3n) is 4.73. The van der Waals surface area contributed by atoms with Crippen molar-refractivity contribution in [3.05, 3.63) is 22.6 Å². The second-order valence-corrected chi connectivity index (χ2v) is 7.90. The third-order valence-corrected chi connectivity index (χ3v) is 5.33. The summed E-state index contributed by atoms with van der Waals surface area (Å²) in [6.45, 7) is 6.05. The maximum absolute atomic E-state index is 11.2. The van der Waals surface area contributed by atoms with E-state index in [2.05, 4.69) is 19.9 Å². The molecule has 2 N–H and O–H groups in total. The van der Waals surface area contributed by atoms with Crippen molar-refractivity contribution in [2.75, 3.05) is 0 Å². The summed E-state index contributed by atoms with van der Waals surface area (Å²) in [5.74, 6) is 0.343. The highest BCUT2D eigenvalue weighted by molar-refractivity contribution is 7.88. The molecule has 3 atom stereocenters. The van der Waals surface area contributed by atoms with Gasteiger partial charge < -0.3 is 5.11 Å². The summed E-state index contributed by atoms with van der Waals surface area (Å²) in [7, 11) is -4.12. The van der Waals surface area contributed by atoms with Crippen molar-refractivity contribution >= 4 is 10.1 Å². The lowest BCUT2D eigenvalue weighted by Gasteiger charge is -2.27. The first-order valence-electron chi connectivity index (χ1n) is 7.21. The Morgan fingerprint density at radius 3 is 2.60 bits per heavy atom. The zero-order valence-corrected chi connectivity index (χ0v) is 13.2. The van der Waals surface area contributed by atoms with Gasteiger partial charge in [0.15, 0.2) is 0 Å². The zero-order valence-electron chi connectivity index (χ0n) is 12.3. The van der Waals surface area contributed by atoms with Gasteiger partial charge in [-0.15, -0.1) is 0 Å². The summed E-state index contributed by atoms with van der Waals surface area (Å²) < 4.78 is 31.5. The second-order valence-electron chi connectivity index (χ2n) is 6.63. The van der Waals surface area contributed by atoms with E-state index in [9.17, 15) is 13.5 Å². The molecule has 1 fully saturated rings. The van der Waals surface area contributed by atoms with Gasteiger partial charge in [0.2, 0.25) is 0 Å². The minimum atomic E-state index is -4.12. The number of hydrogen-bond acceptors (Lipinski definition) is 3. The first-order valence-corrected chi connectivity index (χ1v) is 8.71. The highest BCUT2D eigenvalue weighted by Crippen LogP contribution is 2.48. The molecule has 0 amide bonds. The normalized spacial score (nSPS) is 36.9. The molecule has 4 nitrogen and oxygen atoms in total. The molecule has 2 rings (SSSR count). The van der Waals surface area contributed by atoms with Crippen LogP contribution in [0.4, 0.5) is 0 Å². The van der Waals surface area contributed by atoms with Crippen LogP contribution in [0.2, 0.25) is 0 Å². The van der Waals surface area contributed by atoms with E-state index >= 15 is 0 Å². The first-order chi connectivity index (χ1) is 9.10. The Bertz CT molecular complexity index is 540. The molecule has 20 heavy (non-hydrogen) atoms. The predicted molar refractivity (Wildman–Crippen MR) is 78.6 cm³/mol. The van der Waals surface area contributed by atoms with Crippen molar-refractivity contribution < 1.29 is 18.1 Å². The Morgan fingerprint density at radius 2 is 2.05 bits per heavy atom. The van der Waals surface area contributed by atoms with Crippen molar-refractivity contribution in [3.63, 3.8) is 0 Å². The zero-order chi connectivity index (χ0) is 15.1. The molecule has 2 aliphatic carbocycles. The van der Waals surface area contributed by atoms with E-state index in [-0.39, 0.29) is 11.8 Å². The fourth-order valence-corrected chi connectivity index (χ4v) is 4.22. The lowest BCUT2D eigenvalue weighted by molar-refractivity contribution is 0.0330. The number of allylic oxidation sites excluding steroid dienone is 2. The Kier molecular flexibility index (Phi) is 4.15. The molecule has 0 aromatic heterocycles. The minimum absolute atomic E-state index is 0.0168. The van der Waals surface area contributed by atoms with Crippen LogP contribution in [0.3, 0.4) is 0 Å². The smallest absolute Gasteiger partial charge is 0.287 e. The summed E-state index contributed by atoms with van der Waals surface area (Å²) in [6, 6.07) is 0. The number of fused-ring (bicyclic) bond motifs is 1. The van der Waals surface area contributed by atoms with Crippen LogP contribution in [0.5, 0.6) is 0 Å². The van der Waals surface area contributed by atoms with Crippen molar-refractivity contribution in [2.24, 2.45) is 17.8 Å². The highest BCUT2D eigenvalue weighted by Gasteiger charge is 2.45. The van der Waals surface area contributed by atoms with Gasteiger partial charge >= 0.3 is 0 Å². The number of hydrogen-bond donors (Lipinski definition) is 2. The molecule has 0 radical (unpaired) electrons. The van der Waals surface area contributed by atoms with Gasteiger partial charge in [0.25, 0.3) is 10.1 Å². The molecule has 0 bridgehead atoms. The van der Waals surface area contributed by atoms with E-state index in [0.717, 1.165) is 23.8 Å². The van der Waals surface area contributed by atoms with Gasteiger partial charge in [0, 0.05) is 5.92 Å². The van der Waals surface area contributed by atoms with Crippen molar-refractivity contribution in [1.82, 2.24) is 0 Å². The SMILES string of the molecule is CC(C)C1=CC2C(CCC2(C)O)C(=CS(=O)(=O)O)CC1. The van der Waals surface area contributed by atoms with Gasteiger partial charge in [0.05, 0.1) is 11.0 Å². The summed E-state index contributed by atoms with van der Waals surface area (Å²) in [4.78, 5) is 0. The molecule has 0 aliphatic heterocycles. The van der Waals surface area contributed by atoms with Crippen molar-refractivity contribution in [1.29, 1.82) is 0 Å². The minimum Gasteiger partial charge on any atom is -0.390 e. The van der Waals surface area contributed by atoms with E-state index in [0.29, 0.717) is 18.8 Å². The third kappa shape index (κ3) is 3.32. The maximum Gasteiger partial charge on any atom is 0.287 e. The molecule has 0 heterocycles. The van der Waals surface area contributed by atoms with Crippen LogP contribution < -0.4 is 0 Å². The van der Waals surface area contributed by atoms with Gasteiger partial charge in [0.1, 0.15) is 0 Å². The van der Waals surface area contributed by atoms with Crippen LogP contribution in [0, 0.1) is 17.8 Å². The average Bonchev–Trinajstić information content (AvgIpc) is 2.46. The van der Waals surface area contributed by atoms with Crippen LogP contribution in [-0.2, 0) is 10.1 Å². The van der Waals surface area contributed by atoms with Crippen LogP contribution in [0.15, 0.2) is 22.6 Å². The van der Waals surface area contributed by atoms with Crippen molar-refractivity contribution in [2.45, 2.75) is 52.1 Å². The molecule has 0 aromatic carbocycles. The lowest BCUT2D eigenvalue weighted by Crippen LogP contribution is -2.30. The number of rotatable bonds is 2. The van der Waals surface area contributed by atoms with Gasteiger partial charge in [-0.05, 0) is 44.4 Å². The molecule has 0 aromatic rings. The maximum atomic E-state index is 11.2. The largest absolute Gasteiger partial charge is 0.390 e. The fraction of sp³-hybridized carbons (Fsp3) is 0.733. The lowest BCUT2D eigenvalue weighted by atomic mass is 9.83. The predicted octanol–water partition coefficient (Wildman–Crippen LogP) is 2.91. The topological polar surface area (TPSA) is 74.6 Å². The molecule has 3 unspecified atom stereocenters. The van der Waals surface area contributed by atoms with Crippen LogP contribution in [-0.4, -0.2) is 23.7 Å². The van der Waals surface area contributed by atoms with Gasteiger partial charge in [-0.1, -0.05) is 31.1 Å². The Hall–Kier alpha value is -0.650. The summed E-state index contributed by atoms with van der Waals surface area (Å²) in [5.41, 5.74) is 1.22. The quantitative estimate of drug-likeness (QED) is 0.607. The molecule has 2 aliphatic rings. The highest BCUT2D eigenvalue weighted by atomic mass is 32.2. The molecular weight excluding hydrogens is 276 g/mol. The molecular formula is C15H24O4S. The van der Waals surface area contributed by atoms with Crippen LogP contribution in [0.1, 0.15) is 46.5 Å². The first kappa shape index (κ1) is 15.7. The van der Waals surface area contributed by atoms with Gasteiger partial charge in [-0.25, -0.2) is 0 Å². The molecule has 5 heteroatoms. The van der Waals surface area contributed by atoms with E-state index in [1.807, 2.05) is 6.92 Å². The molecule has 0 spiro atoms. The second kappa shape index (κ2) is 5.28.